The number of rotatable bonds is 4. The third kappa shape index (κ3) is 3.29. The fourth-order valence-electron chi connectivity index (χ4n) is 3.21. The summed E-state index contributed by atoms with van der Waals surface area (Å²) in [6.45, 7) is 1.82. The molecule has 0 fully saturated rings. The lowest BCUT2D eigenvalue weighted by atomic mass is 10.00. The molecule has 0 saturated carbocycles. The number of fused-ring (bicyclic) bond motifs is 1. The molecule has 2 heterocycles. The van der Waals surface area contributed by atoms with Gasteiger partial charge in [0.15, 0.2) is 5.65 Å². The zero-order valence-electron chi connectivity index (χ0n) is 15.2. The predicted molar refractivity (Wildman–Crippen MR) is 104 cm³/mol. The van der Waals surface area contributed by atoms with Gasteiger partial charge in [-0.25, -0.2) is 30.5 Å². The third-order valence-corrected chi connectivity index (χ3v) is 6.31. The van der Waals surface area contributed by atoms with Crippen molar-refractivity contribution in [2.45, 2.75) is 18.2 Å². The molecule has 2 aromatic carbocycles. The number of benzene rings is 2. The quantitative estimate of drug-likeness (QED) is 0.452. The van der Waals surface area contributed by atoms with Gasteiger partial charge in [-0.3, -0.25) is 0 Å². The van der Waals surface area contributed by atoms with Gasteiger partial charge < -0.3 is 0 Å². The van der Waals surface area contributed by atoms with E-state index in [1.54, 1.807) is 18.2 Å². The lowest BCUT2D eigenvalue weighted by Gasteiger charge is -2.08. The van der Waals surface area contributed by atoms with E-state index >= 15 is 0 Å². The molecule has 2 aromatic heterocycles. The van der Waals surface area contributed by atoms with E-state index in [0.29, 0.717) is 0 Å². The highest BCUT2D eigenvalue weighted by atomic mass is 32.2. The number of aromatic nitrogens is 2. The summed E-state index contributed by atoms with van der Waals surface area (Å²) in [5.41, 5.74) is 0.860. The third-order valence-electron chi connectivity index (χ3n) is 4.64. The van der Waals surface area contributed by atoms with Crippen LogP contribution >= 0.6 is 0 Å². The molecule has 29 heavy (non-hydrogen) atoms. The monoisotopic (exact) mass is 416 g/mol. The molecule has 4 nitrogen and oxygen atoms in total. The van der Waals surface area contributed by atoms with Crippen molar-refractivity contribution in [1.29, 1.82) is 0 Å². The second kappa shape index (κ2) is 7.04. The molecule has 0 N–H and O–H groups in total. The van der Waals surface area contributed by atoms with E-state index in [1.165, 1.54) is 36.5 Å². The van der Waals surface area contributed by atoms with E-state index < -0.39 is 22.3 Å². The van der Waals surface area contributed by atoms with Crippen LogP contribution < -0.4 is 0 Å². The zero-order chi connectivity index (χ0) is 20.8. The lowest BCUT2D eigenvalue weighted by Crippen LogP contribution is -2.12. The molecule has 0 amide bonds. The number of aryl methyl sites for hydroxylation is 1. The van der Waals surface area contributed by atoms with E-state index in [-0.39, 0.29) is 32.6 Å². The summed E-state index contributed by atoms with van der Waals surface area (Å²) in [4.78, 5) is 3.95. The lowest BCUT2D eigenvalue weighted by molar-refractivity contribution is 0.152. The van der Waals surface area contributed by atoms with Crippen LogP contribution in [0.5, 0.6) is 0 Å². The second-order valence-electron chi connectivity index (χ2n) is 6.57. The predicted octanol–water partition coefficient (Wildman–Crippen LogP) is 5.33. The summed E-state index contributed by atoms with van der Waals surface area (Å²) in [5.74, 6) is -0.696. The van der Waals surface area contributed by atoms with Gasteiger partial charge in [-0.05, 0) is 30.7 Å². The first-order chi connectivity index (χ1) is 13.8. The van der Waals surface area contributed by atoms with Gasteiger partial charge in [0.25, 0.3) is 16.4 Å². The van der Waals surface area contributed by atoms with E-state index in [4.69, 9.17) is 0 Å². The zero-order valence-corrected chi connectivity index (χ0v) is 16.0. The minimum atomic E-state index is -4.07. The second-order valence-corrected chi connectivity index (χ2v) is 8.38. The Labute approximate surface area is 165 Å². The molecular weight excluding hydrogens is 401 g/mol. The summed E-state index contributed by atoms with van der Waals surface area (Å²) < 4.78 is 68.2. The summed E-state index contributed by atoms with van der Waals surface area (Å²) in [6.07, 6.45) is -0.667. The molecule has 0 aliphatic heterocycles. The minimum Gasteiger partial charge on any atom is -0.234 e. The highest BCUT2D eigenvalue weighted by Gasteiger charge is 2.25. The van der Waals surface area contributed by atoms with Crippen molar-refractivity contribution in [2.75, 3.05) is 0 Å². The van der Waals surface area contributed by atoms with Crippen molar-refractivity contribution in [1.82, 2.24) is 8.96 Å². The molecule has 0 radical (unpaired) electrons. The number of pyridine rings is 1. The fourth-order valence-corrected chi connectivity index (χ4v) is 4.53. The fraction of sp³-hybridized carbons (Fsp3) is 0.0952. The Kier molecular flexibility index (Phi) is 4.66. The number of hydrogen-bond acceptors (Lipinski definition) is 3. The molecule has 8 heteroatoms. The van der Waals surface area contributed by atoms with Gasteiger partial charge in [-0.1, -0.05) is 42.0 Å². The molecule has 4 rings (SSSR count). The van der Waals surface area contributed by atoms with E-state index in [2.05, 4.69) is 4.98 Å². The first-order valence-electron chi connectivity index (χ1n) is 8.65. The van der Waals surface area contributed by atoms with Crippen LogP contribution in [-0.2, 0) is 10.0 Å². The van der Waals surface area contributed by atoms with E-state index in [1.807, 2.05) is 6.92 Å². The van der Waals surface area contributed by atoms with Crippen molar-refractivity contribution in [3.63, 3.8) is 0 Å². The van der Waals surface area contributed by atoms with E-state index in [9.17, 15) is 21.6 Å². The minimum absolute atomic E-state index is 0.0137. The molecule has 0 aliphatic rings. The average molecular weight is 416 g/mol. The van der Waals surface area contributed by atoms with Crippen LogP contribution in [0.15, 0.2) is 71.9 Å². The number of nitrogens with zero attached hydrogens (tertiary/aromatic N) is 2. The van der Waals surface area contributed by atoms with Crippen molar-refractivity contribution >= 4 is 21.1 Å². The summed E-state index contributed by atoms with van der Waals surface area (Å²) in [6, 6.07) is 13.0. The van der Waals surface area contributed by atoms with Crippen LogP contribution in [0.2, 0.25) is 0 Å². The Morgan fingerprint density at radius 1 is 1.00 bits per heavy atom. The first-order valence-corrected chi connectivity index (χ1v) is 10.1. The number of halogens is 3. The highest BCUT2D eigenvalue weighted by molar-refractivity contribution is 7.90. The molecule has 0 aliphatic carbocycles. The van der Waals surface area contributed by atoms with Crippen LogP contribution in [0.4, 0.5) is 13.2 Å². The van der Waals surface area contributed by atoms with Crippen LogP contribution in [0.3, 0.4) is 0 Å². The topological polar surface area (TPSA) is 52.0 Å². The Morgan fingerprint density at radius 2 is 1.69 bits per heavy atom. The normalized spacial score (nSPS) is 12.0. The van der Waals surface area contributed by atoms with Crippen LogP contribution in [0.25, 0.3) is 22.2 Å². The number of alkyl halides is 2. The SMILES string of the molecule is Cc1ccc(S(=O)(=O)n2cc(-c3ccccc3C(F)F)c3cc(F)cnc32)cc1. The summed E-state index contributed by atoms with van der Waals surface area (Å²) in [7, 11) is -4.07. The van der Waals surface area contributed by atoms with Gasteiger partial charge in [0, 0.05) is 22.7 Å². The smallest absolute Gasteiger partial charge is 0.234 e. The maximum Gasteiger partial charge on any atom is 0.269 e. The Balaban J connectivity index is 2.03. The molecule has 0 spiro atoms. The molecule has 148 valence electrons. The van der Waals surface area contributed by atoms with E-state index in [0.717, 1.165) is 21.8 Å². The van der Waals surface area contributed by atoms with Gasteiger partial charge in [-0.2, -0.15) is 0 Å². The van der Waals surface area contributed by atoms with Crippen LogP contribution in [0.1, 0.15) is 17.6 Å². The maximum absolute atomic E-state index is 13.9. The standard InChI is InChI=1S/C21H15F3N2O2S/c1-13-6-8-15(9-7-13)29(27,28)26-12-19(18-10-14(22)11-25-21(18)26)16-4-2-3-5-17(16)20(23)24/h2-12,20H,1H3. The molecule has 0 atom stereocenters. The first kappa shape index (κ1) is 19.2. The Morgan fingerprint density at radius 3 is 2.38 bits per heavy atom. The van der Waals surface area contributed by atoms with Crippen molar-refractivity contribution in [2.24, 2.45) is 0 Å². The molecular formula is C21H15F3N2O2S. The van der Waals surface area contributed by atoms with Gasteiger partial charge in [0.05, 0.1) is 11.1 Å². The Bertz CT molecular complexity index is 1310. The summed E-state index contributed by atoms with van der Waals surface area (Å²) >= 11 is 0. The number of hydrogen-bond donors (Lipinski definition) is 0. The average Bonchev–Trinajstić information content (AvgIpc) is 3.07. The maximum atomic E-state index is 13.9. The highest BCUT2D eigenvalue weighted by Crippen LogP contribution is 2.37. The van der Waals surface area contributed by atoms with Gasteiger partial charge >= 0.3 is 0 Å². The molecule has 0 bridgehead atoms. The molecule has 0 saturated heterocycles. The largest absolute Gasteiger partial charge is 0.269 e. The van der Waals surface area contributed by atoms with Gasteiger partial charge in [0.1, 0.15) is 5.82 Å². The van der Waals surface area contributed by atoms with Crippen molar-refractivity contribution < 1.29 is 21.6 Å². The van der Waals surface area contributed by atoms with Crippen LogP contribution in [0, 0.1) is 12.7 Å². The summed E-state index contributed by atoms with van der Waals surface area (Å²) in [5, 5.41) is 0.133. The molecule has 4 aromatic rings. The van der Waals surface area contributed by atoms with Crippen LogP contribution in [-0.4, -0.2) is 17.4 Å². The van der Waals surface area contributed by atoms with Crippen molar-refractivity contribution in [3.8, 4) is 11.1 Å². The van der Waals surface area contributed by atoms with Gasteiger partial charge in [-0.15, -0.1) is 0 Å². The van der Waals surface area contributed by atoms with Gasteiger partial charge in [0.2, 0.25) is 0 Å². The molecule has 0 unspecified atom stereocenters. The Hall–Kier alpha value is -3.13. The van der Waals surface area contributed by atoms with Crippen molar-refractivity contribution in [3.05, 3.63) is 83.9 Å².